The Labute approximate surface area is 160 Å². The first-order chi connectivity index (χ1) is 12.5. The molecule has 2 N–H and O–H groups in total. The molecule has 26 heavy (non-hydrogen) atoms. The van der Waals surface area contributed by atoms with Crippen molar-refractivity contribution < 1.29 is 9.90 Å². The number of thioether (sulfide) groups is 1. The predicted octanol–water partition coefficient (Wildman–Crippen LogP) is 2.08. The van der Waals surface area contributed by atoms with Gasteiger partial charge in [-0.1, -0.05) is 0 Å². The van der Waals surface area contributed by atoms with E-state index in [0.29, 0.717) is 30.3 Å². The minimum Gasteiger partial charge on any atom is -0.391 e. The fourth-order valence-corrected chi connectivity index (χ4v) is 6.00. The third-order valence-corrected chi connectivity index (χ3v) is 7.33. The molecule has 1 aliphatic heterocycles. The summed E-state index contributed by atoms with van der Waals surface area (Å²) >= 11 is 3.10. The van der Waals surface area contributed by atoms with Gasteiger partial charge in [0.05, 0.1) is 23.0 Å². The molecule has 1 amide bonds. The molecule has 140 valence electrons. The van der Waals surface area contributed by atoms with E-state index < -0.39 is 6.10 Å². The monoisotopic (exact) mass is 393 g/mol. The van der Waals surface area contributed by atoms with Gasteiger partial charge >= 0.3 is 0 Å². The second kappa shape index (κ2) is 7.32. The van der Waals surface area contributed by atoms with Gasteiger partial charge < -0.3 is 15.0 Å². The lowest BCUT2D eigenvalue weighted by atomic mass is 9.97. The zero-order valence-electron chi connectivity index (χ0n) is 14.8. The van der Waals surface area contributed by atoms with Gasteiger partial charge in [-0.15, -0.1) is 23.1 Å². The van der Waals surface area contributed by atoms with Gasteiger partial charge in [0.25, 0.3) is 5.56 Å². The summed E-state index contributed by atoms with van der Waals surface area (Å²) in [7, 11) is 0. The van der Waals surface area contributed by atoms with E-state index in [9.17, 15) is 14.7 Å². The van der Waals surface area contributed by atoms with Crippen LogP contribution in [0.5, 0.6) is 0 Å². The number of carbonyl (C=O) groups is 1. The Kier molecular flexibility index (Phi) is 5.07. The molecular weight excluding hydrogens is 370 g/mol. The number of aromatic amines is 1. The lowest BCUT2D eigenvalue weighted by Crippen LogP contribution is -2.35. The highest BCUT2D eigenvalue weighted by Gasteiger charge is 2.30. The fourth-order valence-electron chi connectivity index (χ4n) is 3.94. The highest BCUT2D eigenvalue weighted by Crippen LogP contribution is 2.33. The molecule has 1 saturated heterocycles. The van der Waals surface area contributed by atoms with Crippen LogP contribution < -0.4 is 5.56 Å². The Morgan fingerprint density at radius 1 is 1.42 bits per heavy atom. The molecule has 0 unspecified atom stereocenters. The number of nitrogens with zero attached hydrogens (tertiary/aromatic N) is 2. The number of aliphatic hydroxyl groups excluding tert-OH is 1. The van der Waals surface area contributed by atoms with Gasteiger partial charge in [-0.05, 0) is 44.6 Å². The number of aromatic nitrogens is 2. The second-order valence-electron chi connectivity index (χ2n) is 7.18. The predicted molar refractivity (Wildman–Crippen MR) is 105 cm³/mol. The number of nitrogens with one attached hydrogen (secondary N) is 1. The molecule has 0 bridgehead atoms. The number of rotatable bonds is 4. The lowest BCUT2D eigenvalue weighted by Gasteiger charge is -2.20. The van der Waals surface area contributed by atoms with Crippen LogP contribution in [0.3, 0.4) is 0 Å². The summed E-state index contributed by atoms with van der Waals surface area (Å²) in [5.74, 6) is 1.51. The van der Waals surface area contributed by atoms with Gasteiger partial charge in [0.1, 0.15) is 10.7 Å². The zero-order chi connectivity index (χ0) is 18.3. The topological polar surface area (TPSA) is 86.3 Å². The molecule has 0 radical (unpaired) electrons. The Morgan fingerprint density at radius 3 is 3.00 bits per heavy atom. The van der Waals surface area contributed by atoms with Crippen molar-refractivity contribution in [1.82, 2.24) is 14.9 Å². The largest absolute Gasteiger partial charge is 0.391 e. The lowest BCUT2D eigenvalue weighted by molar-refractivity contribution is -0.129. The molecule has 4 rings (SSSR count). The summed E-state index contributed by atoms with van der Waals surface area (Å²) in [5, 5.41) is 10.4. The van der Waals surface area contributed by atoms with Crippen molar-refractivity contribution in [2.75, 3.05) is 12.3 Å². The first kappa shape index (κ1) is 18.0. The molecule has 1 fully saturated rings. The van der Waals surface area contributed by atoms with E-state index in [1.165, 1.54) is 28.6 Å². The van der Waals surface area contributed by atoms with Crippen LogP contribution >= 0.6 is 23.1 Å². The summed E-state index contributed by atoms with van der Waals surface area (Å²) in [4.78, 5) is 36.2. The van der Waals surface area contributed by atoms with Crippen molar-refractivity contribution in [3.8, 4) is 0 Å². The van der Waals surface area contributed by atoms with Crippen molar-refractivity contribution in [2.24, 2.45) is 0 Å². The van der Waals surface area contributed by atoms with Gasteiger partial charge in [-0.25, -0.2) is 4.98 Å². The maximum absolute atomic E-state index is 12.5. The zero-order valence-corrected chi connectivity index (χ0v) is 16.4. The summed E-state index contributed by atoms with van der Waals surface area (Å²) in [5.41, 5.74) is 1.15. The van der Waals surface area contributed by atoms with E-state index in [4.69, 9.17) is 0 Å². The molecule has 2 aliphatic rings. The fraction of sp³-hybridized carbons (Fsp3) is 0.611. The normalized spacial score (nSPS) is 22.8. The van der Waals surface area contributed by atoms with Crippen LogP contribution in [-0.4, -0.2) is 50.3 Å². The summed E-state index contributed by atoms with van der Waals surface area (Å²) in [6.45, 7) is 2.38. The van der Waals surface area contributed by atoms with Gasteiger partial charge in [-0.3, -0.25) is 9.59 Å². The highest BCUT2D eigenvalue weighted by molar-refractivity contribution is 7.99. The molecule has 2 aromatic rings. The molecule has 0 saturated carbocycles. The minimum atomic E-state index is -0.413. The number of hydrogen-bond acceptors (Lipinski definition) is 6. The van der Waals surface area contributed by atoms with Crippen molar-refractivity contribution in [3.05, 3.63) is 26.6 Å². The van der Waals surface area contributed by atoms with E-state index in [1.807, 2.05) is 6.92 Å². The van der Waals surface area contributed by atoms with Crippen LogP contribution in [-0.2, 0) is 23.4 Å². The molecule has 0 spiro atoms. The van der Waals surface area contributed by atoms with Crippen molar-refractivity contribution >= 4 is 39.2 Å². The minimum absolute atomic E-state index is 0.0362. The number of aryl methyl sites for hydroxylation is 2. The third-order valence-electron chi connectivity index (χ3n) is 5.21. The van der Waals surface area contributed by atoms with Crippen LogP contribution in [0.4, 0.5) is 0 Å². The van der Waals surface area contributed by atoms with Gasteiger partial charge in [0.15, 0.2) is 0 Å². The number of likely N-dealkylation sites (tertiary alicyclic amines) is 1. The number of hydrogen-bond donors (Lipinski definition) is 2. The molecule has 3 heterocycles. The third kappa shape index (κ3) is 3.42. The number of fused-ring (bicyclic) bond motifs is 3. The summed E-state index contributed by atoms with van der Waals surface area (Å²) in [6, 6.07) is 0.0878. The first-order valence-electron chi connectivity index (χ1n) is 9.11. The van der Waals surface area contributed by atoms with Crippen LogP contribution in [0.15, 0.2) is 4.79 Å². The number of H-pyrrole nitrogens is 1. The molecule has 2 atom stereocenters. The highest BCUT2D eigenvalue weighted by atomic mass is 32.2. The molecular formula is C18H23N3O3S2. The Morgan fingerprint density at radius 2 is 2.23 bits per heavy atom. The van der Waals surface area contributed by atoms with Crippen LogP contribution in [0.1, 0.15) is 42.5 Å². The molecule has 1 aliphatic carbocycles. The quantitative estimate of drug-likeness (QED) is 0.831. The van der Waals surface area contributed by atoms with Crippen LogP contribution in [0.25, 0.3) is 10.2 Å². The van der Waals surface area contributed by atoms with E-state index >= 15 is 0 Å². The van der Waals surface area contributed by atoms with Crippen molar-refractivity contribution in [3.63, 3.8) is 0 Å². The first-order valence-corrected chi connectivity index (χ1v) is 11.1. The maximum atomic E-state index is 12.5. The molecule has 2 aromatic heterocycles. The van der Waals surface area contributed by atoms with Crippen LogP contribution in [0, 0.1) is 0 Å². The van der Waals surface area contributed by atoms with E-state index in [0.717, 1.165) is 29.5 Å². The number of β-amino-alcohol motifs (C(OH)–C–C–N with tert-alkyl or cyclic N) is 1. The number of aliphatic hydroxyl groups is 1. The Balaban J connectivity index is 1.43. The second-order valence-corrected chi connectivity index (χ2v) is 9.25. The van der Waals surface area contributed by atoms with E-state index in [2.05, 4.69) is 9.97 Å². The summed E-state index contributed by atoms with van der Waals surface area (Å²) < 4.78 is 0. The number of amides is 1. The molecule has 0 aromatic carbocycles. The van der Waals surface area contributed by atoms with E-state index in [-0.39, 0.29) is 17.5 Å². The average Bonchev–Trinajstić information content (AvgIpc) is 3.14. The maximum Gasteiger partial charge on any atom is 0.259 e. The van der Waals surface area contributed by atoms with Crippen molar-refractivity contribution in [1.29, 1.82) is 0 Å². The standard InChI is InChI=1S/C18H23N3O3S2/c1-10-6-11(22)7-21(10)15(23)9-25-8-14-19-17(24)16-12-4-2-3-5-13(12)26-18(16)20-14/h10-11,22H,2-9H2,1H3,(H,19,20,24)/t10-,11+/m0/s1. The smallest absolute Gasteiger partial charge is 0.259 e. The van der Waals surface area contributed by atoms with Crippen LogP contribution in [0.2, 0.25) is 0 Å². The average molecular weight is 394 g/mol. The Bertz CT molecular complexity index is 892. The van der Waals surface area contributed by atoms with E-state index in [1.54, 1.807) is 16.2 Å². The number of carbonyl (C=O) groups excluding carboxylic acids is 1. The number of thiophene rings is 1. The SMILES string of the molecule is C[C@H]1C[C@@H](O)CN1C(=O)CSCc1nc2sc3c(c2c(=O)[nH]1)CCCC3. The van der Waals surface area contributed by atoms with Gasteiger partial charge in [0.2, 0.25) is 5.91 Å². The molecule has 6 nitrogen and oxygen atoms in total. The van der Waals surface area contributed by atoms with Gasteiger partial charge in [0, 0.05) is 17.5 Å². The molecule has 8 heteroatoms. The summed E-state index contributed by atoms with van der Waals surface area (Å²) in [6.07, 6.45) is 4.58. The van der Waals surface area contributed by atoms with Crippen molar-refractivity contribution in [2.45, 2.75) is 56.9 Å². The van der Waals surface area contributed by atoms with Gasteiger partial charge in [-0.2, -0.15) is 0 Å². The Hall–Kier alpha value is -1.38.